The molecule has 2 aromatic carbocycles. The first kappa shape index (κ1) is 20.1. The summed E-state index contributed by atoms with van der Waals surface area (Å²) in [6.07, 6.45) is 0. The van der Waals surface area contributed by atoms with Crippen LogP contribution in [0.15, 0.2) is 53.4 Å². The summed E-state index contributed by atoms with van der Waals surface area (Å²) in [5.41, 5.74) is 2.23. The van der Waals surface area contributed by atoms with Crippen molar-refractivity contribution in [2.24, 2.45) is 5.92 Å². The van der Waals surface area contributed by atoms with Gasteiger partial charge in [-0.1, -0.05) is 45.9 Å². The lowest BCUT2D eigenvalue weighted by Gasteiger charge is -2.14. The Morgan fingerprint density at radius 3 is 2.15 bits per heavy atom. The molecule has 2 N–H and O–H groups in total. The molecule has 0 unspecified atom stereocenters. The molecule has 0 saturated heterocycles. The van der Waals surface area contributed by atoms with Crippen molar-refractivity contribution >= 4 is 21.6 Å². The van der Waals surface area contributed by atoms with Gasteiger partial charge in [0.05, 0.1) is 4.90 Å². The molecule has 0 atom stereocenters. The molecule has 0 saturated carbocycles. The van der Waals surface area contributed by atoms with E-state index in [2.05, 4.69) is 23.9 Å². The maximum atomic E-state index is 12.5. The molecule has 5 nitrogen and oxygen atoms in total. The van der Waals surface area contributed by atoms with Crippen molar-refractivity contribution in [2.75, 3.05) is 11.9 Å². The van der Waals surface area contributed by atoms with E-state index >= 15 is 0 Å². The minimum absolute atomic E-state index is 0.150. The Morgan fingerprint density at radius 1 is 0.962 bits per heavy atom. The molecule has 26 heavy (non-hydrogen) atoms. The Kier molecular flexibility index (Phi) is 6.56. The van der Waals surface area contributed by atoms with E-state index in [0.717, 1.165) is 11.3 Å². The standard InChI is InChI=1S/C20H26N2O3S/c1-14(2)13-21-26(24,25)17-11-9-16(10-12-17)20(23)22-19-8-6-5-7-18(19)15(3)4/h5-12,14-15,21H,13H2,1-4H3,(H,22,23). The van der Waals surface area contributed by atoms with Crippen LogP contribution in [0.2, 0.25) is 0 Å². The number of anilines is 1. The Balaban J connectivity index is 2.15. The Hall–Kier alpha value is -2.18. The monoisotopic (exact) mass is 374 g/mol. The third kappa shape index (κ3) is 5.16. The van der Waals surface area contributed by atoms with Gasteiger partial charge < -0.3 is 5.32 Å². The van der Waals surface area contributed by atoms with Crippen LogP contribution in [-0.4, -0.2) is 20.9 Å². The Labute approximate surface area is 155 Å². The molecule has 6 heteroatoms. The molecule has 1 amide bonds. The summed E-state index contributed by atoms with van der Waals surface area (Å²) in [5, 5.41) is 2.90. The molecule has 0 aliphatic heterocycles. The molecule has 0 heterocycles. The molecule has 0 aliphatic carbocycles. The highest BCUT2D eigenvalue weighted by Gasteiger charge is 2.16. The van der Waals surface area contributed by atoms with Crippen LogP contribution in [-0.2, 0) is 10.0 Å². The van der Waals surface area contributed by atoms with E-state index in [4.69, 9.17) is 0 Å². The molecular weight excluding hydrogens is 348 g/mol. The maximum Gasteiger partial charge on any atom is 0.255 e. The van der Waals surface area contributed by atoms with Crippen molar-refractivity contribution in [2.45, 2.75) is 38.5 Å². The summed E-state index contributed by atoms with van der Waals surface area (Å²) < 4.78 is 27.0. The zero-order valence-corrected chi connectivity index (χ0v) is 16.4. The summed E-state index contributed by atoms with van der Waals surface area (Å²) in [4.78, 5) is 12.6. The fourth-order valence-electron chi connectivity index (χ4n) is 2.45. The Bertz CT molecular complexity index is 857. The summed E-state index contributed by atoms with van der Waals surface area (Å²) >= 11 is 0. The smallest absolute Gasteiger partial charge is 0.255 e. The molecule has 0 aromatic heterocycles. The molecule has 140 valence electrons. The number of benzene rings is 2. The van der Waals surface area contributed by atoms with Crippen molar-refractivity contribution in [1.82, 2.24) is 4.72 Å². The SMILES string of the molecule is CC(C)CNS(=O)(=O)c1ccc(C(=O)Nc2ccccc2C(C)C)cc1. The minimum Gasteiger partial charge on any atom is -0.322 e. The topological polar surface area (TPSA) is 75.3 Å². The van der Waals surface area contributed by atoms with Crippen LogP contribution >= 0.6 is 0 Å². The van der Waals surface area contributed by atoms with Gasteiger partial charge in [-0.15, -0.1) is 0 Å². The van der Waals surface area contributed by atoms with Gasteiger partial charge in [-0.05, 0) is 47.7 Å². The molecule has 0 spiro atoms. The van der Waals surface area contributed by atoms with E-state index in [9.17, 15) is 13.2 Å². The number of hydrogen-bond acceptors (Lipinski definition) is 3. The average molecular weight is 375 g/mol. The number of carbonyl (C=O) groups excluding carboxylic acids is 1. The van der Waals surface area contributed by atoms with E-state index in [1.165, 1.54) is 24.3 Å². The largest absolute Gasteiger partial charge is 0.322 e. The van der Waals surface area contributed by atoms with E-state index in [1.807, 2.05) is 38.1 Å². The summed E-state index contributed by atoms with van der Waals surface area (Å²) in [5.74, 6) is 0.235. The molecule has 0 radical (unpaired) electrons. The first-order chi connectivity index (χ1) is 12.2. The molecule has 0 aliphatic rings. The second-order valence-electron chi connectivity index (χ2n) is 6.97. The second-order valence-corrected chi connectivity index (χ2v) is 8.73. The number of hydrogen-bond donors (Lipinski definition) is 2. The van der Waals surface area contributed by atoms with Crippen molar-refractivity contribution < 1.29 is 13.2 Å². The van der Waals surface area contributed by atoms with Gasteiger partial charge in [-0.2, -0.15) is 0 Å². The van der Waals surface area contributed by atoms with E-state index < -0.39 is 10.0 Å². The summed E-state index contributed by atoms with van der Waals surface area (Å²) in [6.45, 7) is 8.37. The van der Waals surface area contributed by atoms with Crippen LogP contribution < -0.4 is 10.0 Å². The van der Waals surface area contributed by atoms with Gasteiger partial charge in [0.2, 0.25) is 10.0 Å². The fourth-order valence-corrected chi connectivity index (χ4v) is 3.67. The van der Waals surface area contributed by atoms with Crippen LogP contribution in [0.3, 0.4) is 0 Å². The van der Waals surface area contributed by atoms with Gasteiger partial charge in [-0.3, -0.25) is 4.79 Å². The van der Waals surface area contributed by atoms with Crippen LogP contribution in [0.5, 0.6) is 0 Å². The lowest BCUT2D eigenvalue weighted by Crippen LogP contribution is -2.27. The van der Waals surface area contributed by atoms with Gasteiger partial charge in [0.15, 0.2) is 0 Å². The Morgan fingerprint density at radius 2 is 1.58 bits per heavy atom. The van der Waals surface area contributed by atoms with E-state index in [-0.39, 0.29) is 22.6 Å². The predicted molar refractivity (Wildman–Crippen MR) is 105 cm³/mol. The second kappa shape index (κ2) is 8.47. The van der Waals surface area contributed by atoms with Crippen molar-refractivity contribution in [3.63, 3.8) is 0 Å². The zero-order chi connectivity index (χ0) is 19.3. The predicted octanol–water partition coefficient (Wildman–Crippen LogP) is 4.00. The quantitative estimate of drug-likeness (QED) is 0.769. The third-order valence-corrected chi connectivity index (χ3v) is 5.38. The van der Waals surface area contributed by atoms with Crippen LogP contribution in [0.4, 0.5) is 5.69 Å². The molecule has 2 rings (SSSR count). The number of amides is 1. The lowest BCUT2D eigenvalue weighted by atomic mass is 10.0. The van der Waals surface area contributed by atoms with Crippen LogP contribution in [0.25, 0.3) is 0 Å². The fraction of sp³-hybridized carbons (Fsp3) is 0.350. The molecule has 0 fully saturated rings. The summed E-state index contributed by atoms with van der Waals surface area (Å²) in [6, 6.07) is 13.6. The number of nitrogens with one attached hydrogen (secondary N) is 2. The van der Waals surface area contributed by atoms with E-state index in [1.54, 1.807) is 0 Å². The van der Waals surface area contributed by atoms with Gasteiger partial charge in [-0.25, -0.2) is 13.1 Å². The van der Waals surface area contributed by atoms with Crippen LogP contribution in [0.1, 0.15) is 49.5 Å². The summed E-state index contributed by atoms with van der Waals surface area (Å²) in [7, 11) is -3.56. The first-order valence-corrected chi connectivity index (χ1v) is 10.2. The first-order valence-electron chi connectivity index (χ1n) is 8.70. The number of carbonyl (C=O) groups is 1. The molecular formula is C20H26N2O3S. The number of para-hydroxylation sites is 1. The number of rotatable bonds is 7. The van der Waals surface area contributed by atoms with Gasteiger partial charge in [0.1, 0.15) is 0 Å². The minimum atomic E-state index is -3.56. The number of sulfonamides is 1. The third-order valence-electron chi connectivity index (χ3n) is 3.94. The van der Waals surface area contributed by atoms with Gasteiger partial charge in [0, 0.05) is 17.8 Å². The van der Waals surface area contributed by atoms with Crippen LogP contribution in [0, 0.1) is 5.92 Å². The lowest BCUT2D eigenvalue weighted by molar-refractivity contribution is 0.102. The highest BCUT2D eigenvalue weighted by molar-refractivity contribution is 7.89. The zero-order valence-electron chi connectivity index (χ0n) is 15.6. The average Bonchev–Trinajstić information content (AvgIpc) is 2.60. The maximum absolute atomic E-state index is 12.5. The van der Waals surface area contributed by atoms with E-state index in [0.29, 0.717) is 12.1 Å². The van der Waals surface area contributed by atoms with Crippen molar-refractivity contribution in [1.29, 1.82) is 0 Å². The normalized spacial score (nSPS) is 11.8. The van der Waals surface area contributed by atoms with Gasteiger partial charge in [0.25, 0.3) is 5.91 Å². The molecule has 2 aromatic rings. The van der Waals surface area contributed by atoms with Crippen molar-refractivity contribution in [3.8, 4) is 0 Å². The molecule has 0 bridgehead atoms. The van der Waals surface area contributed by atoms with Gasteiger partial charge >= 0.3 is 0 Å². The highest BCUT2D eigenvalue weighted by Crippen LogP contribution is 2.24. The van der Waals surface area contributed by atoms with Crippen molar-refractivity contribution in [3.05, 3.63) is 59.7 Å². The highest BCUT2D eigenvalue weighted by atomic mass is 32.2.